The fourth-order valence-corrected chi connectivity index (χ4v) is 12.1. The van der Waals surface area contributed by atoms with Gasteiger partial charge in [-0.05, 0) is 92.5 Å². The Labute approximate surface area is 449 Å². The van der Waals surface area contributed by atoms with Gasteiger partial charge in [0.25, 0.3) is 5.91 Å². The topological polar surface area (TPSA) is 207 Å². The van der Waals surface area contributed by atoms with Crippen LogP contribution in [0.1, 0.15) is 106 Å². The molecular formula is C55H68F3N11O7S. The number of anilines is 1. The lowest BCUT2D eigenvalue weighted by molar-refractivity contribution is -0.142. The summed E-state index contributed by atoms with van der Waals surface area (Å²) < 4.78 is 46.8. The zero-order chi connectivity index (χ0) is 55.0. The number of pyridine rings is 1. The Morgan fingerprint density at radius 2 is 1.66 bits per heavy atom. The van der Waals surface area contributed by atoms with Crippen LogP contribution in [-0.2, 0) is 27.1 Å². The molecule has 0 radical (unpaired) electrons. The van der Waals surface area contributed by atoms with Crippen molar-refractivity contribution in [2.24, 2.45) is 10.8 Å². The van der Waals surface area contributed by atoms with Gasteiger partial charge >= 0.3 is 12.2 Å². The molecule has 5 aromatic rings. The lowest BCUT2D eigenvalue weighted by Crippen LogP contribution is -2.59. The summed E-state index contributed by atoms with van der Waals surface area (Å²) in [7, 11) is 1.39. The number of amides is 6. The van der Waals surface area contributed by atoms with E-state index in [4.69, 9.17) is 4.74 Å². The Morgan fingerprint density at radius 1 is 0.948 bits per heavy atom. The highest BCUT2D eigenvalue weighted by molar-refractivity contribution is 7.13. The van der Waals surface area contributed by atoms with E-state index < -0.39 is 47.1 Å². The minimum absolute atomic E-state index is 0.00971. The van der Waals surface area contributed by atoms with Gasteiger partial charge in [-0.3, -0.25) is 23.9 Å². The van der Waals surface area contributed by atoms with Crippen LogP contribution in [0.15, 0.2) is 66.3 Å². The van der Waals surface area contributed by atoms with Crippen molar-refractivity contribution in [1.29, 1.82) is 0 Å². The number of nitrogens with one attached hydrogen (secondary N) is 3. The van der Waals surface area contributed by atoms with E-state index in [2.05, 4.69) is 31.0 Å². The van der Waals surface area contributed by atoms with Gasteiger partial charge in [0.05, 0.1) is 59.1 Å². The molecule has 4 fully saturated rings. The number of ether oxygens (including phenoxy) is 1. The number of aliphatic hydroxyl groups is 1. The molecule has 22 heteroatoms. The summed E-state index contributed by atoms with van der Waals surface area (Å²) in [6, 6.07) is 12.5. The number of benzene rings is 2. The maximum atomic E-state index is 14.5. The van der Waals surface area contributed by atoms with E-state index in [1.165, 1.54) is 13.2 Å². The van der Waals surface area contributed by atoms with E-state index in [0.717, 1.165) is 72.4 Å². The molecule has 6 heterocycles. The zero-order valence-electron chi connectivity index (χ0n) is 44.4. The number of rotatable bonds is 15. The number of alkyl halides is 3. The predicted molar refractivity (Wildman–Crippen MR) is 284 cm³/mol. The van der Waals surface area contributed by atoms with E-state index >= 15 is 0 Å². The van der Waals surface area contributed by atoms with Crippen molar-refractivity contribution in [3.8, 4) is 16.2 Å². The molecule has 1 saturated carbocycles. The van der Waals surface area contributed by atoms with E-state index in [-0.39, 0.29) is 72.2 Å². The molecule has 18 nitrogen and oxygen atoms in total. The van der Waals surface area contributed by atoms with Gasteiger partial charge < -0.3 is 45.4 Å². The molecule has 9 rings (SSSR count). The average molecular weight is 1080 g/mol. The van der Waals surface area contributed by atoms with Gasteiger partial charge in [0, 0.05) is 69.4 Å². The summed E-state index contributed by atoms with van der Waals surface area (Å²) in [5.74, 6) is -1.16. The molecule has 412 valence electrons. The lowest BCUT2D eigenvalue weighted by atomic mass is 9.66. The number of hydrogen-bond acceptors (Lipinski definition) is 12. The van der Waals surface area contributed by atoms with Crippen molar-refractivity contribution < 1.29 is 47.0 Å². The Morgan fingerprint density at radius 3 is 2.32 bits per heavy atom. The third-order valence-corrected chi connectivity index (χ3v) is 16.9. The molecular weight excluding hydrogens is 1020 g/mol. The second-order valence-electron chi connectivity index (χ2n) is 22.2. The molecule has 1 spiro atoms. The van der Waals surface area contributed by atoms with Crippen molar-refractivity contribution in [2.75, 3.05) is 58.2 Å². The summed E-state index contributed by atoms with van der Waals surface area (Å²) in [4.78, 5) is 84.1. The minimum atomic E-state index is -4.71. The Bertz CT molecular complexity index is 2980. The van der Waals surface area contributed by atoms with Crippen LogP contribution in [-0.4, -0.2) is 151 Å². The molecule has 4 N–H and O–H groups in total. The van der Waals surface area contributed by atoms with Crippen molar-refractivity contribution >= 4 is 57.6 Å². The Hall–Kier alpha value is -6.65. The maximum absolute atomic E-state index is 14.5. The summed E-state index contributed by atoms with van der Waals surface area (Å²) in [6.07, 6.45) is 1.72. The zero-order valence-corrected chi connectivity index (χ0v) is 45.2. The number of β-amino-alcohol motifs (C(OH)–C–C–N with tert-alkyl or cyclic N) is 1. The largest absolute Gasteiger partial charge is 0.494 e. The number of hydrogen-bond donors (Lipinski definition) is 4. The molecule has 1 aliphatic carbocycles. The number of urea groups is 1. The molecule has 2 aromatic carbocycles. The van der Waals surface area contributed by atoms with Crippen LogP contribution in [0.4, 0.5) is 23.7 Å². The van der Waals surface area contributed by atoms with Crippen LogP contribution >= 0.6 is 11.3 Å². The van der Waals surface area contributed by atoms with Crippen LogP contribution in [0.5, 0.6) is 5.75 Å². The predicted octanol–water partition coefficient (Wildman–Crippen LogP) is 7.28. The fourth-order valence-electron chi connectivity index (χ4n) is 11.3. The highest BCUT2D eigenvalue weighted by Gasteiger charge is 2.46. The number of methoxy groups -OCH3 is 1. The summed E-state index contributed by atoms with van der Waals surface area (Å²) in [5.41, 5.74) is 3.56. The molecule has 0 bridgehead atoms. The molecule has 3 saturated heterocycles. The molecule has 0 unspecified atom stereocenters. The average Bonchev–Trinajstić information content (AvgIpc) is 4.23. The number of carbonyl (C=O) groups is 5. The third-order valence-electron chi connectivity index (χ3n) is 15.9. The first kappa shape index (κ1) is 55.1. The van der Waals surface area contributed by atoms with Crippen molar-refractivity contribution in [2.45, 2.75) is 123 Å². The monoisotopic (exact) mass is 1080 g/mol. The smallest absolute Gasteiger partial charge is 0.433 e. The first-order valence-electron chi connectivity index (χ1n) is 26.4. The standard InChI is InChI=1S/C55H68F3N11O7S/c1-33(35-10-12-36(13-11-35)47-34(2)59-32-77-47)60-50(73)43-27-39(70)30-69(43)51(74)48(53(3,4)5)61-38-14-16-54(17-15-38)18-20-65(21-19-54)46(71)31-67-23-22-66(52(67)75)24-25-68-29-37-26-42(44(76-6)28-41(37)64-68)63-49(72)40-8-7-9-45(62-40)55(56,57)58/h7-13,26,28-29,32-33,38-39,43,48,61,70H,14-25,27,30-31H2,1-6H3,(H,60,73)(H,63,72)/t33-,39+,43-,48+/m0/s1. The number of aryl methyl sites for hydroxylation is 1. The quantitative estimate of drug-likeness (QED) is 0.0820. The third kappa shape index (κ3) is 12.4. The summed E-state index contributed by atoms with van der Waals surface area (Å²) >= 11 is 1.58. The van der Waals surface area contributed by atoms with E-state index in [1.54, 1.807) is 49.0 Å². The van der Waals surface area contributed by atoms with E-state index in [9.17, 15) is 42.3 Å². The van der Waals surface area contributed by atoms with Gasteiger partial charge in [0.1, 0.15) is 29.7 Å². The molecule has 4 atom stereocenters. The first-order valence-corrected chi connectivity index (χ1v) is 27.2. The van der Waals surface area contributed by atoms with Crippen molar-refractivity contribution in [1.82, 2.24) is 50.0 Å². The van der Waals surface area contributed by atoms with Gasteiger partial charge in [-0.25, -0.2) is 14.8 Å². The fraction of sp³-hybridized carbons (Fsp3) is 0.527. The van der Waals surface area contributed by atoms with Gasteiger partial charge in [-0.15, -0.1) is 11.3 Å². The van der Waals surface area contributed by atoms with Gasteiger partial charge in [-0.2, -0.15) is 18.3 Å². The van der Waals surface area contributed by atoms with Crippen LogP contribution < -0.4 is 20.7 Å². The number of carbonyl (C=O) groups excluding carboxylic acids is 5. The number of piperidine rings is 1. The van der Waals surface area contributed by atoms with Crippen LogP contribution in [0.25, 0.3) is 21.3 Å². The number of nitrogens with zero attached hydrogens (tertiary/aromatic N) is 8. The van der Waals surface area contributed by atoms with Crippen LogP contribution in [0.3, 0.4) is 0 Å². The van der Waals surface area contributed by atoms with Crippen molar-refractivity contribution in [3.63, 3.8) is 0 Å². The maximum Gasteiger partial charge on any atom is 0.433 e. The number of fused-ring (bicyclic) bond motifs is 1. The number of aromatic nitrogens is 4. The second-order valence-corrected chi connectivity index (χ2v) is 23.0. The molecule has 3 aliphatic heterocycles. The van der Waals surface area contributed by atoms with Crippen LogP contribution in [0, 0.1) is 17.8 Å². The highest BCUT2D eigenvalue weighted by atomic mass is 32.1. The lowest BCUT2D eigenvalue weighted by Gasteiger charge is -2.47. The molecule has 3 aromatic heterocycles. The van der Waals surface area contributed by atoms with E-state index in [1.807, 2.05) is 69.3 Å². The van der Waals surface area contributed by atoms with Gasteiger partial charge in [0.2, 0.25) is 17.7 Å². The first-order chi connectivity index (χ1) is 36.6. The number of likely N-dealkylation sites (tertiary alicyclic amines) is 2. The second kappa shape index (κ2) is 22.4. The Balaban J connectivity index is 0.723. The summed E-state index contributed by atoms with van der Waals surface area (Å²) in [5, 5.41) is 25.5. The van der Waals surface area contributed by atoms with Gasteiger partial charge in [-0.1, -0.05) is 51.1 Å². The highest BCUT2D eigenvalue weighted by Crippen LogP contribution is 2.45. The SMILES string of the molecule is COc1cc2nn(CCN3CCN(CC(=O)N4CCC5(CCC(N[C@H](C(=O)N6C[C@H](O)C[C@H]6C(=O)N[C@@H](C)c6ccc(-c7scnc7C)cc6)C(C)(C)C)CC5)CC4)C3=O)cc2cc1NC(=O)c1cccc(C(F)(F)F)n1. The van der Waals surface area contributed by atoms with Crippen molar-refractivity contribution in [3.05, 3.63) is 88.9 Å². The summed E-state index contributed by atoms with van der Waals surface area (Å²) in [6.45, 7) is 12.8. The number of thiazole rings is 1. The molecule has 6 amide bonds. The molecule has 77 heavy (non-hydrogen) atoms. The van der Waals surface area contributed by atoms with Gasteiger partial charge in [0.15, 0.2) is 0 Å². The number of halogens is 3. The normalized spacial score (nSPS) is 20.0. The molecule has 4 aliphatic rings. The number of aliphatic hydroxyl groups excluding tert-OH is 1. The Kier molecular flexibility index (Phi) is 16.0. The van der Waals surface area contributed by atoms with Crippen LogP contribution in [0.2, 0.25) is 0 Å². The minimum Gasteiger partial charge on any atom is -0.494 e. The van der Waals surface area contributed by atoms with E-state index in [0.29, 0.717) is 50.2 Å².